The number of aromatic nitrogens is 2. The SMILES string of the molecule is Cc1ccc(C(C)(C)C)c(Oc2ncc(CN)c(C)n2)c1. The summed E-state index contributed by atoms with van der Waals surface area (Å²) in [4.78, 5) is 8.62. The van der Waals surface area contributed by atoms with Crippen molar-refractivity contribution < 1.29 is 4.74 Å². The van der Waals surface area contributed by atoms with Gasteiger partial charge in [0.2, 0.25) is 0 Å². The second kappa shape index (κ2) is 5.82. The molecule has 0 saturated heterocycles. The minimum Gasteiger partial charge on any atom is -0.424 e. The second-order valence-electron chi connectivity index (χ2n) is 6.32. The first-order chi connectivity index (χ1) is 9.81. The molecular formula is C17H23N3O. The summed E-state index contributed by atoms with van der Waals surface area (Å²) in [7, 11) is 0. The van der Waals surface area contributed by atoms with Gasteiger partial charge in [-0.25, -0.2) is 4.98 Å². The number of hydrogen-bond donors (Lipinski definition) is 1. The Balaban J connectivity index is 2.39. The summed E-state index contributed by atoms with van der Waals surface area (Å²) in [5.74, 6) is 0.808. The zero-order valence-electron chi connectivity index (χ0n) is 13.4. The highest BCUT2D eigenvalue weighted by molar-refractivity contribution is 5.42. The number of aryl methyl sites for hydroxylation is 2. The van der Waals surface area contributed by atoms with Crippen LogP contribution in [0.4, 0.5) is 0 Å². The van der Waals surface area contributed by atoms with Crippen molar-refractivity contribution in [1.29, 1.82) is 0 Å². The van der Waals surface area contributed by atoms with Gasteiger partial charge in [-0.2, -0.15) is 4.98 Å². The number of nitrogens with two attached hydrogens (primary N) is 1. The quantitative estimate of drug-likeness (QED) is 0.935. The maximum atomic E-state index is 5.93. The van der Waals surface area contributed by atoms with Gasteiger partial charge in [-0.15, -0.1) is 0 Å². The van der Waals surface area contributed by atoms with Crippen LogP contribution in [-0.4, -0.2) is 9.97 Å². The van der Waals surface area contributed by atoms with Gasteiger partial charge in [-0.3, -0.25) is 0 Å². The van der Waals surface area contributed by atoms with Crippen molar-refractivity contribution in [2.75, 3.05) is 0 Å². The first kappa shape index (κ1) is 15.4. The molecule has 1 aromatic carbocycles. The van der Waals surface area contributed by atoms with Crippen LogP contribution in [0.5, 0.6) is 11.8 Å². The molecule has 4 nitrogen and oxygen atoms in total. The maximum Gasteiger partial charge on any atom is 0.322 e. The van der Waals surface area contributed by atoms with Gasteiger partial charge in [-0.05, 0) is 30.9 Å². The van der Waals surface area contributed by atoms with Crippen molar-refractivity contribution >= 4 is 0 Å². The van der Waals surface area contributed by atoms with E-state index >= 15 is 0 Å². The molecule has 0 bridgehead atoms. The molecule has 0 aliphatic carbocycles. The van der Waals surface area contributed by atoms with Crippen LogP contribution in [0.3, 0.4) is 0 Å². The topological polar surface area (TPSA) is 61.0 Å². The summed E-state index contributed by atoms with van der Waals surface area (Å²) in [6.07, 6.45) is 1.73. The summed E-state index contributed by atoms with van der Waals surface area (Å²) >= 11 is 0. The van der Waals surface area contributed by atoms with E-state index in [1.165, 1.54) is 0 Å². The molecule has 0 atom stereocenters. The fourth-order valence-corrected chi connectivity index (χ4v) is 2.15. The molecule has 21 heavy (non-hydrogen) atoms. The van der Waals surface area contributed by atoms with Crippen molar-refractivity contribution in [3.05, 3.63) is 46.8 Å². The van der Waals surface area contributed by atoms with Crippen molar-refractivity contribution in [1.82, 2.24) is 9.97 Å². The molecule has 2 rings (SSSR count). The summed E-state index contributed by atoms with van der Waals surface area (Å²) < 4.78 is 5.93. The Hall–Kier alpha value is -1.94. The number of nitrogens with zero attached hydrogens (tertiary/aromatic N) is 2. The largest absolute Gasteiger partial charge is 0.424 e. The molecule has 1 aromatic heterocycles. The highest BCUT2D eigenvalue weighted by Crippen LogP contribution is 2.34. The smallest absolute Gasteiger partial charge is 0.322 e. The normalized spacial score (nSPS) is 11.5. The highest BCUT2D eigenvalue weighted by atomic mass is 16.5. The molecule has 0 fully saturated rings. The third kappa shape index (κ3) is 3.58. The molecule has 0 unspecified atom stereocenters. The lowest BCUT2D eigenvalue weighted by atomic mass is 9.86. The van der Waals surface area contributed by atoms with Crippen LogP contribution in [0.25, 0.3) is 0 Å². The van der Waals surface area contributed by atoms with E-state index in [4.69, 9.17) is 10.5 Å². The van der Waals surface area contributed by atoms with E-state index < -0.39 is 0 Å². The van der Waals surface area contributed by atoms with Gasteiger partial charge in [0.15, 0.2) is 0 Å². The predicted octanol–water partition coefficient (Wildman–Crippen LogP) is 3.64. The van der Waals surface area contributed by atoms with Crippen molar-refractivity contribution in [2.24, 2.45) is 5.73 Å². The molecule has 0 spiro atoms. The van der Waals surface area contributed by atoms with Crippen molar-refractivity contribution in [3.8, 4) is 11.8 Å². The predicted molar refractivity (Wildman–Crippen MR) is 84.6 cm³/mol. The summed E-state index contributed by atoms with van der Waals surface area (Å²) in [5, 5.41) is 0. The maximum absolute atomic E-state index is 5.93. The van der Waals surface area contributed by atoms with Crippen LogP contribution in [0.2, 0.25) is 0 Å². The van der Waals surface area contributed by atoms with Crippen LogP contribution in [-0.2, 0) is 12.0 Å². The molecule has 0 saturated carbocycles. The number of rotatable bonds is 3. The van der Waals surface area contributed by atoms with Crippen LogP contribution in [0, 0.1) is 13.8 Å². The fourth-order valence-electron chi connectivity index (χ4n) is 2.15. The standard InChI is InChI=1S/C17H23N3O/c1-11-6-7-14(17(3,4)5)15(8-11)21-16-19-10-13(9-18)12(2)20-16/h6-8,10H,9,18H2,1-5H3. The molecule has 4 heteroatoms. The number of hydrogen-bond acceptors (Lipinski definition) is 4. The Bertz CT molecular complexity index is 645. The van der Waals surface area contributed by atoms with Gasteiger partial charge >= 0.3 is 6.01 Å². The fraction of sp³-hybridized carbons (Fsp3) is 0.412. The molecule has 112 valence electrons. The summed E-state index contributed by atoms with van der Waals surface area (Å²) in [6, 6.07) is 6.58. The molecule has 2 aromatic rings. The summed E-state index contributed by atoms with van der Waals surface area (Å²) in [5.41, 5.74) is 9.70. The average Bonchev–Trinajstić information content (AvgIpc) is 2.37. The molecule has 1 heterocycles. The Kier molecular flexibility index (Phi) is 4.28. The van der Waals surface area contributed by atoms with Gasteiger partial charge in [0.1, 0.15) is 5.75 Å². The zero-order valence-corrected chi connectivity index (χ0v) is 13.4. The van der Waals surface area contributed by atoms with Crippen LogP contribution in [0.15, 0.2) is 24.4 Å². The van der Waals surface area contributed by atoms with Crippen LogP contribution >= 0.6 is 0 Å². The first-order valence-electron chi connectivity index (χ1n) is 7.13. The van der Waals surface area contributed by atoms with Gasteiger partial charge in [0.25, 0.3) is 0 Å². The summed E-state index contributed by atoms with van der Waals surface area (Å²) in [6.45, 7) is 10.9. The second-order valence-corrected chi connectivity index (χ2v) is 6.32. The molecular weight excluding hydrogens is 262 g/mol. The highest BCUT2D eigenvalue weighted by Gasteiger charge is 2.20. The molecule has 0 amide bonds. The van der Waals surface area contributed by atoms with Crippen molar-refractivity contribution in [3.63, 3.8) is 0 Å². The van der Waals surface area contributed by atoms with E-state index in [-0.39, 0.29) is 5.41 Å². The van der Waals surface area contributed by atoms with E-state index in [9.17, 15) is 0 Å². The molecule has 0 aliphatic rings. The Morgan fingerprint density at radius 1 is 1.19 bits per heavy atom. The molecule has 0 aliphatic heterocycles. The lowest BCUT2D eigenvalue weighted by molar-refractivity contribution is 0.420. The number of benzene rings is 1. The van der Waals surface area contributed by atoms with Crippen LogP contribution in [0.1, 0.15) is 43.2 Å². The van der Waals surface area contributed by atoms with E-state index in [1.807, 2.05) is 19.9 Å². The Labute approximate surface area is 126 Å². The Morgan fingerprint density at radius 2 is 1.90 bits per heavy atom. The third-order valence-corrected chi connectivity index (χ3v) is 3.43. The average molecular weight is 285 g/mol. The Morgan fingerprint density at radius 3 is 2.48 bits per heavy atom. The van der Waals surface area contributed by atoms with E-state index in [2.05, 4.69) is 42.9 Å². The zero-order chi connectivity index (χ0) is 15.6. The third-order valence-electron chi connectivity index (χ3n) is 3.43. The lowest BCUT2D eigenvalue weighted by Gasteiger charge is -2.22. The first-order valence-corrected chi connectivity index (χ1v) is 7.13. The van der Waals surface area contributed by atoms with E-state index in [1.54, 1.807) is 6.20 Å². The molecule has 2 N–H and O–H groups in total. The van der Waals surface area contributed by atoms with E-state index in [0.717, 1.165) is 28.1 Å². The monoisotopic (exact) mass is 285 g/mol. The number of ether oxygens (including phenoxy) is 1. The van der Waals surface area contributed by atoms with Gasteiger partial charge in [-0.1, -0.05) is 32.9 Å². The minimum atomic E-state index is -0.00469. The van der Waals surface area contributed by atoms with Gasteiger partial charge in [0.05, 0.1) is 0 Å². The van der Waals surface area contributed by atoms with E-state index in [0.29, 0.717) is 12.6 Å². The minimum absolute atomic E-state index is 0.00469. The van der Waals surface area contributed by atoms with Gasteiger partial charge in [0, 0.05) is 29.6 Å². The van der Waals surface area contributed by atoms with Gasteiger partial charge < -0.3 is 10.5 Å². The molecule has 0 radical (unpaired) electrons. The lowest BCUT2D eigenvalue weighted by Crippen LogP contribution is -2.13. The van der Waals surface area contributed by atoms with Crippen molar-refractivity contribution in [2.45, 2.75) is 46.6 Å². The van der Waals surface area contributed by atoms with Crippen LogP contribution < -0.4 is 10.5 Å².